The van der Waals surface area contributed by atoms with Crippen LogP contribution >= 0.6 is 23.2 Å². The Morgan fingerprint density at radius 1 is 1.08 bits per heavy atom. The molecule has 0 saturated heterocycles. The highest BCUT2D eigenvalue weighted by molar-refractivity contribution is 6.43. The van der Waals surface area contributed by atoms with Gasteiger partial charge in [0.15, 0.2) is 0 Å². The minimum Gasteiger partial charge on any atom is -0.494 e. The fraction of sp³-hybridized carbons (Fsp3) is 0.263. The van der Waals surface area contributed by atoms with Crippen molar-refractivity contribution in [3.63, 3.8) is 0 Å². The third kappa shape index (κ3) is 5.13. The van der Waals surface area contributed by atoms with Gasteiger partial charge < -0.3 is 15.4 Å². The Bertz CT molecular complexity index is 824. The first-order chi connectivity index (χ1) is 12.3. The fourth-order valence-corrected chi connectivity index (χ4v) is 2.69. The molecule has 0 heterocycles. The van der Waals surface area contributed by atoms with Gasteiger partial charge in [0, 0.05) is 11.3 Å². The zero-order valence-corrected chi connectivity index (χ0v) is 16.2. The number of anilines is 1. The lowest BCUT2D eigenvalue weighted by Gasteiger charge is -2.18. The average Bonchev–Trinajstić information content (AvgIpc) is 2.59. The number of halogens is 2. The van der Waals surface area contributed by atoms with Gasteiger partial charge in [-0.1, -0.05) is 40.9 Å². The van der Waals surface area contributed by atoms with E-state index in [2.05, 4.69) is 10.6 Å². The number of nitrogens with one attached hydrogen (secondary N) is 2. The van der Waals surface area contributed by atoms with E-state index in [4.69, 9.17) is 27.9 Å². The van der Waals surface area contributed by atoms with E-state index in [-0.39, 0.29) is 0 Å². The number of hydrogen-bond donors (Lipinski definition) is 2. The molecular formula is C19H20Cl2N2O3. The van der Waals surface area contributed by atoms with Crippen molar-refractivity contribution in [3.8, 4) is 5.75 Å². The van der Waals surface area contributed by atoms with Gasteiger partial charge >= 0.3 is 11.8 Å². The van der Waals surface area contributed by atoms with Gasteiger partial charge in [-0.3, -0.25) is 9.59 Å². The standard InChI is InChI=1S/C19H20Cl2N2O3/c1-4-26-17-8-5-11(2)9-14(17)12(3)22-18(24)19(25)23-13-6-7-15(20)16(21)10-13/h5-10,12H,4H2,1-3H3,(H,22,24)(H,23,25). The first-order valence-electron chi connectivity index (χ1n) is 8.12. The van der Waals surface area contributed by atoms with Crippen LogP contribution in [0.25, 0.3) is 0 Å². The van der Waals surface area contributed by atoms with Crippen molar-refractivity contribution in [2.75, 3.05) is 11.9 Å². The van der Waals surface area contributed by atoms with Crippen molar-refractivity contribution in [2.24, 2.45) is 0 Å². The normalized spacial score (nSPS) is 11.6. The van der Waals surface area contributed by atoms with Crippen molar-refractivity contribution in [1.82, 2.24) is 5.32 Å². The van der Waals surface area contributed by atoms with Crippen LogP contribution in [-0.4, -0.2) is 18.4 Å². The second kappa shape index (κ2) is 8.92. The molecule has 2 rings (SSSR count). The summed E-state index contributed by atoms with van der Waals surface area (Å²) in [4.78, 5) is 24.3. The second-order valence-corrected chi connectivity index (χ2v) is 6.57. The van der Waals surface area contributed by atoms with Crippen LogP contribution in [0.5, 0.6) is 5.75 Å². The van der Waals surface area contributed by atoms with Crippen molar-refractivity contribution >= 4 is 40.7 Å². The van der Waals surface area contributed by atoms with Crippen LogP contribution in [0, 0.1) is 6.92 Å². The highest BCUT2D eigenvalue weighted by Crippen LogP contribution is 2.27. The van der Waals surface area contributed by atoms with E-state index in [0.717, 1.165) is 11.1 Å². The Balaban J connectivity index is 2.07. The number of rotatable bonds is 5. The first-order valence-corrected chi connectivity index (χ1v) is 8.87. The molecule has 0 aliphatic rings. The van der Waals surface area contributed by atoms with E-state index in [9.17, 15) is 9.59 Å². The van der Waals surface area contributed by atoms with Gasteiger partial charge in [0.05, 0.1) is 22.7 Å². The Hall–Kier alpha value is -2.24. The molecule has 26 heavy (non-hydrogen) atoms. The lowest BCUT2D eigenvalue weighted by Crippen LogP contribution is -2.37. The number of amides is 2. The van der Waals surface area contributed by atoms with Gasteiger partial charge in [-0.2, -0.15) is 0 Å². The molecule has 7 heteroatoms. The lowest BCUT2D eigenvalue weighted by molar-refractivity contribution is -0.136. The van der Waals surface area contributed by atoms with E-state index in [0.29, 0.717) is 28.1 Å². The third-order valence-corrected chi connectivity index (χ3v) is 4.40. The maximum atomic E-state index is 12.2. The minimum absolute atomic E-state index is 0.291. The molecule has 0 aromatic heterocycles. The summed E-state index contributed by atoms with van der Waals surface area (Å²) in [5.41, 5.74) is 2.23. The van der Waals surface area contributed by atoms with Gasteiger partial charge in [-0.05, 0) is 45.0 Å². The number of carbonyl (C=O) groups excluding carboxylic acids is 2. The second-order valence-electron chi connectivity index (χ2n) is 5.75. The third-order valence-electron chi connectivity index (χ3n) is 3.66. The van der Waals surface area contributed by atoms with Crippen molar-refractivity contribution < 1.29 is 14.3 Å². The van der Waals surface area contributed by atoms with Crippen LogP contribution in [0.3, 0.4) is 0 Å². The Kier molecular flexibility index (Phi) is 6.89. The van der Waals surface area contributed by atoms with Gasteiger partial charge in [-0.15, -0.1) is 0 Å². The fourth-order valence-electron chi connectivity index (χ4n) is 2.39. The smallest absolute Gasteiger partial charge is 0.313 e. The molecule has 2 amide bonds. The monoisotopic (exact) mass is 394 g/mol. The van der Waals surface area contributed by atoms with Crippen LogP contribution in [0.4, 0.5) is 5.69 Å². The lowest BCUT2D eigenvalue weighted by atomic mass is 10.0. The number of benzene rings is 2. The predicted molar refractivity (Wildman–Crippen MR) is 104 cm³/mol. The average molecular weight is 395 g/mol. The molecule has 1 atom stereocenters. The zero-order valence-electron chi connectivity index (χ0n) is 14.7. The van der Waals surface area contributed by atoms with Gasteiger partial charge in [0.25, 0.3) is 0 Å². The van der Waals surface area contributed by atoms with E-state index in [1.165, 1.54) is 6.07 Å². The molecule has 0 fully saturated rings. The van der Waals surface area contributed by atoms with Crippen LogP contribution in [-0.2, 0) is 9.59 Å². The summed E-state index contributed by atoms with van der Waals surface area (Å²) in [7, 11) is 0. The zero-order chi connectivity index (χ0) is 19.3. The molecule has 0 aliphatic carbocycles. The summed E-state index contributed by atoms with van der Waals surface area (Å²) in [6, 6.07) is 9.90. The summed E-state index contributed by atoms with van der Waals surface area (Å²) in [5, 5.41) is 5.83. The number of carbonyl (C=O) groups is 2. The van der Waals surface area contributed by atoms with Crippen LogP contribution in [0.1, 0.15) is 31.0 Å². The van der Waals surface area contributed by atoms with E-state index in [1.54, 1.807) is 19.1 Å². The molecule has 0 radical (unpaired) electrons. The summed E-state index contributed by atoms with van der Waals surface area (Å²) < 4.78 is 5.60. The molecule has 2 aromatic rings. The molecule has 2 aromatic carbocycles. The summed E-state index contributed by atoms with van der Waals surface area (Å²) in [6.07, 6.45) is 0. The molecule has 1 unspecified atom stereocenters. The number of aryl methyl sites for hydroxylation is 1. The molecule has 0 saturated carbocycles. The minimum atomic E-state index is -0.791. The predicted octanol–water partition coefficient (Wildman–Crippen LogP) is 4.52. The van der Waals surface area contributed by atoms with Crippen LogP contribution in [0.15, 0.2) is 36.4 Å². The largest absolute Gasteiger partial charge is 0.494 e. The maximum absolute atomic E-state index is 12.2. The van der Waals surface area contributed by atoms with Crippen LogP contribution < -0.4 is 15.4 Å². The van der Waals surface area contributed by atoms with Gasteiger partial charge in [0.1, 0.15) is 5.75 Å². The highest BCUT2D eigenvalue weighted by atomic mass is 35.5. The molecule has 0 bridgehead atoms. The van der Waals surface area contributed by atoms with Gasteiger partial charge in [-0.25, -0.2) is 0 Å². The van der Waals surface area contributed by atoms with E-state index >= 15 is 0 Å². The van der Waals surface area contributed by atoms with E-state index in [1.807, 2.05) is 32.0 Å². The molecule has 0 spiro atoms. The van der Waals surface area contributed by atoms with Crippen LogP contribution in [0.2, 0.25) is 10.0 Å². The topological polar surface area (TPSA) is 67.4 Å². The Labute approximate surface area is 162 Å². The summed E-state index contributed by atoms with van der Waals surface area (Å²) in [5.74, 6) is -0.871. The first kappa shape index (κ1) is 20.1. The summed E-state index contributed by atoms with van der Waals surface area (Å²) in [6.45, 7) is 6.14. The van der Waals surface area contributed by atoms with Crippen molar-refractivity contribution in [2.45, 2.75) is 26.8 Å². The summed E-state index contributed by atoms with van der Waals surface area (Å²) >= 11 is 11.7. The number of hydrogen-bond acceptors (Lipinski definition) is 3. The highest BCUT2D eigenvalue weighted by Gasteiger charge is 2.20. The van der Waals surface area contributed by atoms with Crippen molar-refractivity contribution in [1.29, 1.82) is 0 Å². The molecule has 0 aliphatic heterocycles. The maximum Gasteiger partial charge on any atom is 0.313 e. The molecule has 2 N–H and O–H groups in total. The van der Waals surface area contributed by atoms with E-state index < -0.39 is 17.9 Å². The Morgan fingerprint density at radius 2 is 1.81 bits per heavy atom. The Morgan fingerprint density at radius 3 is 2.46 bits per heavy atom. The molecular weight excluding hydrogens is 375 g/mol. The van der Waals surface area contributed by atoms with Crippen molar-refractivity contribution in [3.05, 3.63) is 57.6 Å². The SMILES string of the molecule is CCOc1ccc(C)cc1C(C)NC(=O)C(=O)Nc1ccc(Cl)c(Cl)c1. The van der Waals surface area contributed by atoms with Gasteiger partial charge in [0.2, 0.25) is 0 Å². The quantitative estimate of drug-likeness (QED) is 0.732. The molecule has 5 nitrogen and oxygen atoms in total. The molecule has 138 valence electrons. The number of ether oxygens (including phenoxy) is 1.